The molecular formula is C14H15ClO4. The number of methoxy groups -OCH3 is 1. The number of carbonyl (C=O) groups excluding carboxylic acids is 1. The van der Waals surface area contributed by atoms with E-state index >= 15 is 0 Å². The minimum absolute atomic E-state index is 0.104. The molecule has 0 bridgehead atoms. The second-order valence-electron chi connectivity index (χ2n) is 4.62. The van der Waals surface area contributed by atoms with Gasteiger partial charge in [0.25, 0.3) is 0 Å². The molecule has 0 radical (unpaired) electrons. The first kappa shape index (κ1) is 13.7. The zero-order valence-corrected chi connectivity index (χ0v) is 11.8. The highest BCUT2D eigenvalue weighted by Gasteiger charge is 2.38. The number of hydrogen-bond donors (Lipinski definition) is 0. The molecule has 1 aromatic rings. The number of benzene rings is 1. The monoisotopic (exact) mass is 282 g/mol. The van der Waals surface area contributed by atoms with Crippen LogP contribution < -0.4 is 0 Å². The van der Waals surface area contributed by atoms with Crippen molar-refractivity contribution in [3.8, 4) is 0 Å². The second kappa shape index (κ2) is 5.13. The molecule has 0 fully saturated rings. The lowest BCUT2D eigenvalue weighted by atomic mass is 10.1. The molecular weight excluding hydrogens is 268 g/mol. The molecule has 0 amide bonds. The van der Waals surface area contributed by atoms with E-state index in [-0.39, 0.29) is 5.76 Å². The van der Waals surface area contributed by atoms with Gasteiger partial charge in [-0.3, -0.25) is 0 Å². The van der Waals surface area contributed by atoms with Crippen LogP contribution in [-0.2, 0) is 25.4 Å². The van der Waals surface area contributed by atoms with Gasteiger partial charge in [-0.15, -0.1) is 0 Å². The zero-order chi connectivity index (χ0) is 14.0. The molecule has 0 unspecified atom stereocenters. The Hall–Kier alpha value is -1.68. The summed E-state index contributed by atoms with van der Waals surface area (Å²) in [6.45, 7) is 3.46. The molecule has 0 aromatic heterocycles. The Morgan fingerprint density at radius 3 is 2.63 bits per heavy atom. The van der Waals surface area contributed by atoms with Crippen molar-refractivity contribution in [1.82, 2.24) is 0 Å². The van der Waals surface area contributed by atoms with Gasteiger partial charge in [-0.05, 0) is 11.6 Å². The molecule has 4 nitrogen and oxygen atoms in total. The Morgan fingerprint density at radius 1 is 1.32 bits per heavy atom. The van der Waals surface area contributed by atoms with E-state index in [4.69, 9.17) is 25.8 Å². The van der Waals surface area contributed by atoms with Crippen LogP contribution in [-0.4, -0.2) is 18.9 Å². The van der Waals surface area contributed by atoms with Gasteiger partial charge >= 0.3 is 5.97 Å². The summed E-state index contributed by atoms with van der Waals surface area (Å²) in [4.78, 5) is 11.7. The highest BCUT2D eigenvalue weighted by atomic mass is 35.5. The fraction of sp³-hybridized carbons (Fsp3) is 0.357. The van der Waals surface area contributed by atoms with E-state index in [1.807, 2.05) is 18.2 Å². The lowest BCUT2D eigenvalue weighted by molar-refractivity contribution is -0.152. The van der Waals surface area contributed by atoms with Gasteiger partial charge in [0.15, 0.2) is 5.76 Å². The molecule has 0 saturated carbocycles. The van der Waals surface area contributed by atoms with E-state index in [0.29, 0.717) is 17.2 Å². The number of halogens is 1. The molecule has 1 aliphatic rings. The number of esters is 1. The number of ether oxygens (including phenoxy) is 3. The number of rotatable bonds is 3. The Labute approximate surface area is 116 Å². The lowest BCUT2D eigenvalue weighted by Gasteiger charge is -2.18. The molecule has 102 valence electrons. The molecule has 0 atom stereocenters. The van der Waals surface area contributed by atoms with Gasteiger partial charge < -0.3 is 14.2 Å². The first-order valence-electron chi connectivity index (χ1n) is 5.86. The molecule has 5 heteroatoms. The summed E-state index contributed by atoms with van der Waals surface area (Å²) in [5.74, 6) is -0.884. The normalized spacial score (nSPS) is 16.8. The first-order valence-corrected chi connectivity index (χ1v) is 6.23. The van der Waals surface area contributed by atoms with Gasteiger partial charge in [0.2, 0.25) is 11.5 Å². The Balaban J connectivity index is 2.30. The molecule has 0 spiro atoms. The van der Waals surface area contributed by atoms with E-state index < -0.39 is 11.8 Å². The zero-order valence-electron chi connectivity index (χ0n) is 11.0. The summed E-state index contributed by atoms with van der Waals surface area (Å²) < 4.78 is 15.8. The van der Waals surface area contributed by atoms with Crippen LogP contribution in [0.3, 0.4) is 0 Å². The average Bonchev–Trinajstić information content (AvgIpc) is 2.66. The van der Waals surface area contributed by atoms with Crippen molar-refractivity contribution in [3.05, 3.63) is 46.4 Å². The number of allylic oxidation sites excluding steroid dienone is 1. The molecule has 1 aromatic carbocycles. The van der Waals surface area contributed by atoms with Crippen LogP contribution in [0.1, 0.15) is 19.4 Å². The standard InChI is InChI=1S/C14H15ClO4/c1-14(2)18-11(12(19-14)13(16)17-3)8-9-6-4-5-7-10(9)15/h4-7H,8H2,1-3H3. The third-order valence-corrected chi connectivity index (χ3v) is 3.02. The van der Waals surface area contributed by atoms with E-state index in [1.54, 1.807) is 19.9 Å². The van der Waals surface area contributed by atoms with Crippen molar-refractivity contribution >= 4 is 17.6 Å². The molecule has 0 N–H and O–H groups in total. The highest BCUT2D eigenvalue weighted by molar-refractivity contribution is 6.31. The van der Waals surface area contributed by atoms with E-state index in [1.165, 1.54) is 7.11 Å². The maximum Gasteiger partial charge on any atom is 0.377 e. The molecule has 1 heterocycles. The predicted octanol–water partition coefficient (Wildman–Crippen LogP) is 3.05. The van der Waals surface area contributed by atoms with Crippen molar-refractivity contribution in [1.29, 1.82) is 0 Å². The van der Waals surface area contributed by atoms with Crippen LogP contribution in [0.25, 0.3) is 0 Å². The van der Waals surface area contributed by atoms with Crippen molar-refractivity contribution in [3.63, 3.8) is 0 Å². The quantitative estimate of drug-likeness (QED) is 0.799. The fourth-order valence-corrected chi connectivity index (χ4v) is 2.05. The van der Waals surface area contributed by atoms with E-state index in [2.05, 4.69) is 0 Å². The van der Waals surface area contributed by atoms with Crippen LogP contribution in [0, 0.1) is 0 Å². The van der Waals surface area contributed by atoms with Gasteiger partial charge in [0.1, 0.15) is 0 Å². The number of hydrogen-bond acceptors (Lipinski definition) is 4. The van der Waals surface area contributed by atoms with Crippen LogP contribution in [0.4, 0.5) is 0 Å². The van der Waals surface area contributed by atoms with Gasteiger partial charge in [-0.1, -0.05) is 29.8 Å². The van der Waals surface area contributed by atoms with Crippen molar-refractivity contribution in [2.75, 3.05) is 7.11 Å². The Bertz CT molecular complexity index is 534. The van der Waals surface area contributed by atoms with Crippen LogP contribution >= 0.6 is 11.6 Å². The van der Waals surface area contributed by atoms with E-state index in [9.17, 15) is 4.79 Å². The summed E-state index contributed by atoms with van der Waals surface area (Å²) in [5.41, 5.74) is 0.863. The van der Waals surface area contributed by atoms with Gasteiger partial charge in [0, 0.05) is 25.3 Å². The molecule has 2 rings (SSSR count). The topological polar surface area (TPSA) is 44.8 Å². The largest absolute Gasteiger partial charge is 0.463 e. The van der Waals surface area contributed by atoms with Crippen LogP contribution in [0.5, 0.6) is 0 Å². The molecule has 0 aliphatic carbocycles. The number of carbonyl (C=O) groups is 1. The smallest absolute Gasteiger partial charge is 0.377 e. The third-order valence-electron chi connectivity index (χ3n) is 2.65. The van der Waals surface area contributed by atoms with Crippen LogP contribution in [0.2, 0.25) is 5.02 Å². The molecule has 0 saturated heterocycles. The maximum absolute atomic E-state index is 11.7. The van der Waals surface area contributed by atoms with Crippen molar-refractivity contribution in [2.45, 2.75) is 26.1 Å². The molecule has 1 aliphatic heterocycles. The van der Waals surface area contributed by atoms with E-state index in [0.717, 1.165) is 5.56 Å². The summed E-state index contributed by atoms with van der Waals surface area (Å²) in [7, 11) is 1.30. The van der Waals surface area contributed by atoms with Gasteiger partial charge in [-0.2, -0.15) is 0 Å². The molecule has 19 heavy (non-hydrogen) atoms. The van der Waals surface area contributed by atoms with Crippen molar-refractivity contribution in [2.24, 2.45) is 0 Å². The Kier molecular flexibility index (Phi) is 3.71. The summed E-state index contributed by atoms with van der Waals surface area (Å²) >= 11 is 6.10. The second-order valence-corrected chi connectivity index (χ2v) is 5.02. The third kappa shape index (κ3) is 3.01. The Morgan fingerprint density at radius 2 is 2.00 bits per heavy atom. The lowest BCUT2D eigenvalue weighted by Crippen LogP contribution is -2.22. The fourth-order valence-electron chi connectivity index (χ4n) is 1.85. The maximum atomic E-state index is 11.7. The highest BCUT2D eigenvalue weighted by Crippen LogP contribution is 2.33. The first-order chi connectivity index (χ1) is 8.93. The predicted molar refractivity (Wildman–Crippen MR) is 70.4 cm³/mol. The summed E-state index contributed by atoms with van der Waals surface area (Å²) in [6.07, 6.45) is 0.382. The van der Waals surface area contributed by atoms with Crippen LogP contribution in [0.15, 0.2) is 35.8 Å². The van der Waals surface area contributed by atoms with Gasteiger partial charge in [0.05, 0.1) is 7.11 Å². The SMILES string of the molecule is COC(=O)C1=C(Cc2ccccc2Cl)OC(C)(C)O1. The van der Waals surface area contributed by atoms with Gasteiger partial charge in [-0.25, -0.2) is 4.79 Å². The minimum Gasteiger partial charge on any atom is -0.463 e. The summed E-state index contributed by atoms with van der Waals surface area (Å²) in [6, 6.07) is 7.38. The summed E-state index contributed by atoms with van der Waals surface area (Å²) in [5, 5.41) is 0.618. The van der Waals surface area contributed by atoms with Crippen molar-refractivity contribution < 1.29 is 19.0 Å². The average molecular weight is 283 g/mol. The minimum atomic E-state index is -0.875.